The highest BCUT2D eigenvalue weighted by Gasteiger charge is 2.39. The summed E-state index contributed by atoms with van der Waals surface area (Å²) in [4.78, 5) is 14.6. The van der Waals surface area contributed by atoms with Gasteiger partial charge in [-0.05, 0) is 37.1 Å². The molecule has 1 aromatic rings. The molecule has 0 spiro atoms. The molecule has 140 valence electrons. The van der Waals surface area contributed by atoms with Crippen molar-refractivity contribution in [3.63, 3.8) is 0 Å². The molecule has 1 aromatic carbocycles. The van der Waals surface area contributed by atoms with E-state index in [4.69, 9.17) is 5.73 Å². The van der Waals surface area contributed by atoms with Crippen LogP contribution in [0.25, 0.3) is 0 Å². The molecule has 8 heteroatoms. The maximum absolute atomic E-state index is 13.0. The van der Waals surface area contributed by atoms with Gasteiger partial charge in [-0.15, -0.1) is 0 Å². The standard InChI is InChI=1S/C17H26FN3O3S/c1-3-17(4-2,13-19)16(22)20-9-11-21(12-10-20)25(23,24)15-7-5-14(18)6-8-15/h5-8H,3-4,9-13,19H2,1-2H3. The highest BCUT2D eigenvalue weighted by molar-refractivity contribution is 7.89. The summed E-state index contributed by atoms with van der Waals surface area (Å²) in [5.41, 5.74) is 5.27. The van der Waals surface area contributed by atoms with Crippen molar-refractivity contribution in [3.8, 4) is 0 Å². The Bertz CT molecular complexity index is 686. The Balaban J connectivity index is 2.08. The minimum absolute atomic E-state index is 0.00108. The molecule has 2 rings (SSSR count). The molecular formula is C17H26FN3O3S. The van der Waals surface area contributed by atoms with Gasteiger partial charge in [-0.2, -0.15) is 4.31 Å². The average molecular weight is 371 g/mol. The van der Waals surface area contributed by atoms with E-state index in [1.165, 1.54) is 16.4 Å². The summed E-state index contributed by atoms with van der Waals surface area (Å²) < 4.78 is 39.6. The average Bonchev–Trinajstić information content (AvgIpc) is 2.64. The number of nitrogens with two attached hydrogens (primary N) is 1. The van der Waals surface area contributed by atoms with E-state index in [2.05, 4.69) is 0 Å². The lowest BCUT2D eigenvalue weighted by Gasteiger charge is -2.39. The normalized spacial score (nSPS) is 16.9. The SMILES string of the molecule is CCC(CC)(CN)C(=O)N1CCN(S(=O)(=O)c2ccc(F)cc2)CC1. The monoisotopic (exact) mass is 371 g/mol. The van der Waals surface area contributed by atoms with Crippen LogP contribution in [0.4, 0.5) is 4.39 Å². The van der Waals surface area contributed by atoms with Gasteiger partial charge in [0.15, 0.2) is 0 Å². The molecule has 0 unspecified atom stereocenters. The molecule has 1 fully saturated rings. The molecule has 0 aliphatic carbocycles. The molecule has 0 aromatic heterocycles. The van der Waals surface area contributed by atoms with E-state index in [0.29, 0.717) is 25.9 Å². The first-order chi connectivity index (χ1) is 11.8. The summed E-state index contributed by atoms with van der Waals surface area (Å²) in [6.07, 6.45) is 1.32. The number of hydrogen-bond acceptors (Lipinski definition) is 4. The van der Waals surface area contributed by atoms with Crippen LogP contribution in [0.3, 0.4) is 0 Å². The van der Waals surface area contributed by atoms with Crippen molar-refractivity contribution in [3.05, 3.63) is 30.1 Å². The van der Waals surface area contributed by atoms with Crippen LogP contribution in [-0.2, 0) is 14.8 Å². The third kappa shape index (κ3) is 3.86. The van der Waals surface area contributed by atoms with Gasteiger partial charge in [-0.1, -0.05) is 13.8 Å². The van der Waals surface area contributed by atoms with Crippen molar-refractivity contribution in [2.75, 3.05) is 32.7 Å². The Hall–Kier alpha value is -1.51. The number of carbonyl (C=O) groups excluding carboxylic acids is 1. The first-order valence-electron chi connectivity index (χ1n) is 8.56. The zero-order valence-electron chi connectivity index (χ0n) is 14.7. The van der Waals surface area contributed by atoms with Crippen molar-refractivity contribution >= 4 is 15.9 Å². The van der Waals surface area contributed by atoms with E-state index >= 15 is 0 Å². The molecule has 1 aliphatic rings. The Labute approximate surface area is 148 Å². The topological polar surface area (TPSA) is 83.7 Å². The lowest BCUT2D eigenvalue weighted by atomic mass is 9.81. The molecule has 1 amide bonds. The van der Waals surface area contributed by atoms with Gasteiger partial charge in [-0.25, -0.2) is 12.8 Å². The van der Waals surface area contributed by atoms with Crippen LogP contribution in [0, 0.1) is 11.2 Å². The van der Waals surface area contributed by atoms with Crippen molar-refractivity contribution in [2.24, 2.45) is 11.1 Å². The largest absolute Gasteiger partial charge is 0.340 e. The molecule has 6 nitrogen and oxygen atoms in total. The number of rotatable bonds is 6. The molecule has 0 bridgehead atoms. The van der Waals surface area contributed by atoms with Gasteiger partial charge in [0, 0.05) is 32.7 Å². The van der Waals surface area contributed by atoms with E-state index in [1.54, 1.807) is 4.90 Å². The lowest BCUT2D eigenvalue weighted by molar-refractivity contribution is -0.143. The fourth-order valence-electron chi connectivity index (χ4n) is 3.15. The number of hydrogen-bond donors (Lipinski definition) is 1. The molecule has 1 aliphatic heterocycles. The first-order valence-corrected chi connectivity index (χ1v) is 10.00. The first kappa shape index (κ1) is 19.8. The second-order valence-electron chi connectivity index (χ2n) is 6.34. The fourth-order valence-corrected chi connectivity index (χ4v) is 4.57. The minimum atomic E-state index is -3.68. The molecule has 0 saturated carbocycles. The Morgan fingerprint density at radius 3 is 2.08 bits per heavy atom. The van der Waals surface area contributed by atoms with E-state index in [1.807, 2.05) is 13.8 Å². The van der Waals surface area contributed by atoms with Gasteiger partial charge in [0.2, 0.25) is 15.9 Å². The smallest absolute Gasteiger partial charge is 0.243 e. The number of benzene rings is 1. The van der Waals surface area contributed by atoms with Gasteiger partial charge >= 0.3 is 0 Å². The summed E-state index contributed by atoms with van der Waals surface area (Å²) in [5.74, 6) is -0.481. The third-order valence-electron chi connectivity index (χ3n) is 5.18. The van der Waals surface area contributed by atoms with Gasteiger partial charge in [-0.3, -0.25) is 4.79 Å². The number of piperazine rings is 1. The number of carbonyl (C=O) groups is 1. The van der Waals surface area contributed by atoms with Gasteiger partial charge in [0.1, 0.15) is 5.82 Å². The van der Waals surface area contributed by atoms with Gasteiger partial charge in [0.05, 0.1) is 10.3 Å². The second-order valence-corrected chi connectivity index (χ2v) is 8.28. The predicted molar refractivity (Wildman–Crippen MR) is 93.8 cm³/mol. The molecule has 0 radical (unpaired) electrons. The fraction of sp³-hybridized carbons (Fsp3) is 0.588. The van der Waals surface area contributed by atoms with Crippen LogP contribution in [0.15, 0.2) is 29.2 Å². The molecule has 2 N–H and O–H groups in total. The Morgan fingerprint density at radius 1 is 1.12 bits per heavy atom. The van der Waals surface area contributed by atoms with Gasteiger partial charge < -0.3 is 10.6 Å². The van der Waals surface area contributed by atoms with E-state index in [-0.39, 0.29) is 30.4 Å². The molecule has 25 heavy (non-hydrogen) atoms. The summed E-state index contributed by atoms with van der Waals surface area (Å²) in [7, 11) is -3.68. The second kappa shape index (κ2) is 7.80. The van der Waals surface area contributed by atoms with E-state index < -0.39 is 21.3 Å². The maximum atomic E-state index is 13.0. The lowest BCUT2D eigenvalue weighted by Crippen LogP contribution is -2.55. The number of halogens is 1. The third-order valence-corrected chi connectivity index (χ3v) is 7.09. The maximum Gasteiger partial charge on any atom is 0.243 e. The molecule has 0 atom stereocenters. The van der Waals surface area contributed by atoms with Gasteiger partial charge in [0.25, 0.3) is 0 Å². The summed E-state index contributed by atoms with van der Waals surface area (Å²) in [6, 6.07) is 4.78. The van der Waals surface area contributed by atoms with E-state index in [9.17, 15) is 17.6 Å². The van der Waals surface area contributed by atoms with Crippen LogP contribution in [0.2, 0.25) is 0 Å². The number of sulfonamides is 1. The van der Waals surface area contributed by atoms with Crippen LogP contribution in [-0.4, -0.2) is 56.3 Å². The zero-order valence-corrected chi connectivity index (χ0v) is 15.6. The zero-order chi connectivity index (χ0) is 18.7. The van der Waals surface area contributed by atoms with Crippen molar-refractivity contribution in [1.82, 2.24) is 9.21 Å². The summed E-state index contributed by atoms with van der Waals surface area (Å²) in [6.45, 7) is 5.29. The minimum Gasteiger partial charge on any atom is -0.340 e. The van der Waals surface area contributed by atoms with Crippen LogP contribution < -0.4 is 5.73 Å². The van der Waals surface area contributed by atoms with Crippen molar-refractivity contribution in [1.29, 1.82) is 0 Å². The van der Waals surface area contributed by atoms with Crippen LogP contribution in [0.5, 0.6) is 0 Å². The number of amides is 1. The molecular weight excluding hydrogens is 345 g/mol. The van der Waals surface area contributed by atoms with Crippen molar-refractivity contribution in [2.45, 2.75) is 31.6 Å². The predicted octanol–water partition coefficient (Wildman–Crippen LogP) is 1.42. The van der Waals surface area contributed by atoms with Crippen LogP contribution in [0.1, 0.15) is 26.7 Å². The highest BCUT2D eigenvalue weighted by Crippen LogP contribution is 2.29. The Kier molecular flexibility index (Phi) is 6.18. The van der Waals surface area contributed by atoms with Crippen molar-refractivity contribution < 1.29 is 17.6 Å². The van der Waals surface area contributed by atoms with Crippen LogP contribution >= 0.6 is 0 Å². The summed E-state index contributed by atoms with van der Waals surface area (Å²) in [5, 5.41) is 0. The highest BCUT2D eigenvalue weighted by atomic mass is 32.2. The Morgan fingerprint density at radius 2 is 1.64 bits per heavy atom. The molecule has 1 heterocycles. The molecule has 1 saturated heterocycles. The summed E-state index contributed by atoms with van der Waals surface area (Å²) >= 11 is 0. The quantitative estimate of drug-likeness (QED) is 0.820. The van der Waals surface area contributed by atoms with E-state index in [0.717, 1.165) is 12.1 Å². The number of nitrogens with zero attached hydrogens (tertiary/aromatic N) is 2.